The maximum Gasteiger partial charge on any atom is 0.416 e. The van der Waals surface area contributed by atoms with Crippen molar-refractivity contribution >= 4 is 29.5 Å². The molecule has 0 unspecified atom stereocenters. The zero-order valence-corrected chi connectivity index (χ0v) is 16.4. The molecule has 8 heteroatoms. The van der Waals surface area contributed by atoms with E-state index in [0.29, 0.717) is 17.1 Å². The molecule has 0 aromatic heterocycles. The first-order valence-electron chi connectivity index (χ1n) is 8.94. The Kier molecular flexibility index (Phi) is 7.84. The van der Waals surface area contributed by atoms with Gasteiger partial charge in [-0.1, -0.05) is 37.1 Å². The molecule has 0 aliphatic heterocycles. The fourth-order valence-corrected chi connectivity index (χ4v) is 2.49. The third kappa shape index (κ3) is 6.94. The normalized spacial score (nSPS) is 11.8. The van der Waals surface area contributed by atoms with Gasteiger partial charge >= 0.3 is 6.18 Å². The zero-order chi connectivity index (χ0) is 21.4. The van der Waals surface area contributed by atoms with Crippen molar-refractivity contribution < 1.29 is 22.8 Å². The van der Waals surface area contributed by atoms with Gasteiger partial charge in [0.05, 0.1) is 5.56 Å². The van der Waals surface area contributed by atoms with Crippen LogP contribution in [0.1, 0.15) is 41.3 Å². The number of amides is 2. The highest BCUT2D eigenvalue weighted by atomic mass is 35.5. The molecular weight excluding hydrogens is 405 g/mol. The minimum atomic E-state index is -4.49. The Balaban J connectivity index is 2.22. The number of carbonyl (C=O) groups excluding carboxylic acids is 2. The average Bonchev–Trinajstić information content (AvgIpc) is 2.68. The quantitative estimate of drug-likeness (QED) is 0.483. The molecule has 29 heavy (non-hydrogen) atoms. The van der Waals surface area contributed by atoms with Crippen LogP contribution in [0, 0.1) is 0 Å². The first kappa shape index (κ1) is 22.5. The second-order valence-electron chi connectivity index (χ2n) is 6.25. The second kappa shape index (κ2) is 10.1. The summed E-state index contributed by atoms with van der Waals surface area (Å²) in [6, 6.07) is 10.4. The SMILES string of the molecule is CCCCNC(=O)/C(=C\c1ccc(Cl)cc1)NC(=O)c1ccc(C(F)(F)F)cc1. The highest BCUT2D eigenvalue weighted by Crippen LogP contribution is 2.29. The van der Waals surface area contributed by atoms with Crippen LogP contribution < -0.4 is 10.6 Å². The summed E-state index contributed by atoms with van der Waals surface area (Å²) in [4.78, 5) is 24.9. The average molecular weight is 425 g/mol. The smallest absolute Gasteiger partial charge is 0.351 e. The zero-order valence-electron chi connectivity index (χ0n) is 15.6. The Morgan fingerprint density at radius 3 is 2.21 bits per heavy atom. The van der Waals surface area contributed by atoms with Gasteiger partial charge in [-0.05, 0) is 54.5 Å². The van der Waals surface area contributed by atoms with E-state index < -0.39 is 23.6 Å². The van der Waals surface area contributed by atoms with Crippen LogP contribution in [-0.4, -0.2) is 18.4 Å². The lowest BCUT2D eigenvalue weighted by atomic mass is 10.1. The van der Waals surface area contributed by atoms with Crippen molar-refractivity contribution in [2.75, 3.05) is 6.54 Å². The van der Waals surface area contributed by atoms with Crippen LogP contribution in [-0.2, 0) is 11.0 Å². The minimum absolute atomic E-state index is 0.00126. The molecule has 0 atom stereocenters. The molecule has 0 heterocycles. The third-order valence-electron chi connectivity index (χ3n) is 3.96. The fraction of sp³-hybridized carbons (Fsp3) is 0.238. The van der Waals surface area contributed by atoms with Gasteiger partial charge in [0.2, 0.25) is 0 Å². The third-order valence-corrected chi connectivity index (χ3v) is 4.22. The van der Waals surface area contributed by atoms with E-state index in [4.69, 9.17) is 11.6 Å². The molecule has 2 aromatic rings. The molecule has 0 fully saturated rings. The molecule has 0 saturated heterocycles. The predicted molar refractivity (Wildman–Crippen MR) is 106 cm³/mol. The summed E-state index contributed by atoms with van der Waals surface area (Å²) in [6.45, 7) is 2.41. The Labute approximate surface area is 171 Å². The number of hydrogen-bond donors (Lipinski definition) is 2. The van der Waals surface area contributed by atoms with E-state index in [0.717, 1.165) is 37.1 Å². The summed E-state index contributed by atoms with van der Waals surface area (Å²) >= 11 is 5.85. The number of benzene rings is 2. The van der Waals surface area contributed by atoms with Crippen LogP contribution in [0.15, 0.2) is 54.2 Å². The lowest BCUT2D eigenvalue weighted by molar-refractivity contribution is -0.137. The van der Waals surface area contributed by atoms with Gasteiger partial charge in [0.15, 0.2) is 0 Å². The van der Waals surface area contributed by atoms with Gasteiger partial charge < -0.3 is 10.6 Å². The van der Waals surface area contributed by atoms with E-state index in [1.807, 2.05) is 6.92 Å². The molecule has 0 aliphatic rings. The van der Waals surface area contributed by atoms with E-state index >= 15 is 0 Å². The molecule has 0 spiro atoms. The molecular formula is C21H20ClF3N2O2. The maximum atomic E-state index is 12.7. The van der Waals surface area contributed by atoms with Crippen molar-refractivity contribution in [1.82, 2.24) is 10.6 Å². The number of rotatable bonds is 7. The number of unbranched alkanes of at least 4 members (excludes halogenated alkanes) is 1. The van der Waals surface area contributed by atoms with Crippen LogP contribution in [0.25, 0.3) is 6.08 Å². The highest BCUT2D eigenvalue weighted by Gasteiger charge is 2.30. The second-order valence-corrected chi connectivity index (χ2v) is 6.68. The molecule has 2 amide bonds. The Morgan fingerprint density at radius 1 is 1.03 bits per heavy atom. The molecule has 0 bridgehead atoms. The number of nitrogens with one attached hydrogen (secondary N) is 2. The van der Waals surface area contributed by atoms with Crippen LogP contribution in [0.3, 0.4) is 0 Å². The van der Waals surface area contributed by atoms with Crippen molar-refractivity contribution in [3.63, 3.8) is 0 Å². The fourth-order valence-electron chi connectivity index (χ4n) is 2.36. The monoisotopic (exact) mass is 424 g/mol. The predicted octanol–water partition coefficient (Wildman–Crippen LogP) is 5.05. The molecule has 154 valence electrons. The molecule has 0 aliphatic carbocycles. The van der Waals surface area contributed by atoms with Gasteiger partial charge in [-0.3, -0.25) is 9.59 Å². The van der Waals surface area contributed by atoms with Gasteiger partial charge in [-0.25, -0.2) is 0 Å². The number of alkyl halides is 3. The van der Waals surface area contributed by atoms with Gasteiger partial charge in [-0.15, -0.1) is 0 Å². The minimum Gasteiger partial charge on any atom is -0.351 e. The van der Waals surface area contributed by atoms with Gasteiger partial charge in [-0.2, -0.15) is 13.2 Å². The summed E-state index contributed by atoms with van der Waals surface area (Å²) < 4.78 is 38.0. The summed E-state index contributed by atoms with van der Waals surface area (Å²) in [6.07, 6.45) is -1.37. The number of hydrogen-bond acceptors (Lipinski definition) is 2. The Bertz CT molecular complexity index is 876. The Morgan fingerprint density at radius 2 is 1.66 bits per heavy atom. The van der Waals surface area contributed by atoms with Crippen molar-refractivity contribution in [3.05, 3.63) is 75.9 Å². The number of halogens is 4. The van der Waals surface area contributed by atoms with Gasteiger partial charge in [0.1, 0.15) is 5.70 Å². The molecule has 2 N–H and O–H groups in total. The van der Waals surface area contributed by atoms with Crippen molar-refractivity contribution in [1.29, 1.82) is 0 Å². The van der Waals surface area contributed by atoms with E-state index in [2.05, 4.69) is 10.6 Å². The van der Waals surface area contributed by atoms with E-state index in [1.54, 1.807) is 24.3 Å². The van der Waals surface area contributed by atoms with Gasteiger partial charge in [0, 0.05) is 17.1 Å². The molecule has 0 radical (unpaired) electrons. The summed E-state index contributed by atoms with van der Waals surface area (Å²) in [5.41, 5.74) is -0.249. The number of carbonyl (C=O) groups is 2. The van der Waals surface area contributed by atoms with Crippen LogP contribution in [0.2, 0.25) is 5.02 Å². The maximum absolute atomic E-state index is 12.7. The molecule has 4 nitrogen and oxygen atoms in total. The largest absolute Gasteiger partial charge is 0.416 e. The van der Waals surface area contributed by atoms with Crippen LogP contribution in [0.4, 0.5) is 13.2 Å². The lowest BCUT2D eigenvalue weighted by Gasteiger charge is -2.12. The first-order chi connectivity index (χ1) is 13.7. The highest BCUT2D eigenvalue weighted by molar-refractivity contribution is 6.30. The molecule has 2 aromatic carbocycles. The summed E-state index contributed by atoms with van der Waals surface area (Å²) in [7, 11) is 0. The standard InChI is InChI=1S/C21H20ClF3N2O2/c1-2-3-12-26-20(29)18(13-14-4-10-17(22)11-5-14)27-19(28)15-6-8-16(9-7-15)21(23,24)25/h4-11,13H,2-3,12H2,1H3,(H,26,29)(H,27,28)/b18-13+. The Hall–Kier alpha value is -2.80. The van der Waals surface area contributed by atoms with Gasteiger partial charge in [0.25, 0.3) is 11.8 Å². The molecule has 0 saturated carbocycles. The summed E-state index contributed by atoms with van der Waals surface area (Å²) in [5.74, 6) is -1.18. The molecule has 2 rings (SSSR count). The van der Waals surface area contributed by atoms with Crippen molar-refractivity contribution in [2.45, 2.75) is 25.9 Å². The lowest BCUT2D eigenvalue weighted by Crippen LogP contribution is -2.35. The van der Waals surface area contributed by atoms with Crippen molar-refractivity contribution in [3.8, 4) is 0 Å². The van der Waals surface area contributed by atoms with Crippen molar-refractivity contribution in [2.24, 2.45) is 0 Å². The van der Waals surface area contributed by atoms with E-state index in [-0.39, 0.29) is 11.3 Å². The van der Waals surface area contributed by atoms with Crippen LogP contribution >= 0.6 is 11.6 Å². The van der Waals surface area contributed by atoms with E-state index in [9.17, 15) is 22.8 Å². The first-order valence-corrected chi connectivity index (χ1v) is 9.32. The summed E-state index contributed by atoms with van der Waals surface area (Å²) in [5, 5.41) is 5.70. The topological polar surface area (TPSA) is 58.2 Å². The van der Waals surface area contributed by atoms with E-state index in [1.165, 1.54) is 6.08 Å². The van der Waals surface area contributed by atoms with Crippen LogP contribution in [0.5, 0.6) is 0 Å².